The number of carbonyl (C=O) groups excluding carboxylic acids is 1. The quantitative estimate of drug-likeness (QED) is 0.894. The van der Waals surface area contributed by atoms with E-state index in [1.807, 2.05) is 44.2 Å². The van der Waals surface area contributed by atoms with Crippen LogP contribution in [-0.4, -0.2) is 31.2 Å². The summed E-state index contributed by atoms with van der Waals surface area (Å²) in [5.74, 6) is 0.0607. The third-order valence-corrected chi connectivity index (χ3v) is 3.81. The van der Waals surface area contributed by atoms with Crippen LogP contribution >= 0.6 is 12.4 Å². The van der Waals surface area contributed by atoms with Gasteiger partial charge in [-0.15, -0.1) is 12.4 Å². The minimum absolute atomic E-state index is 0. The number of nitrogens with one attached hydrogen (secondary N) is 1. The molecule has 5 heteroatoms. The van der Waals surface area contributed by atoms with E-state index in [9.17, 15) is 4.79 Å². The van der Waals surface area contributed by atoms with Crippen molar-refractivity contribution >= 4 is 18.3 Å². The van der Waals surface area contributed by atoms with Crippen LogP contribution in [0.4, 0.5) is 0 Å². The first-order valence-electron chi connectivity index (χ1n) is 7.15. The monoisotopic (exact) mass is 312 g/mol. The van der Waals surface area contributed by atoms with Crippen molar-refractivity contribution in [1.82, 2.24) is 5.32 Å². The summed E-state index contributed by atoms with van der Waals surface area (Å²) in [7, 11) is 0. The van der Waals surface area contributed by atoms with Crippen molar-refractivity contribution in [3.05, 3.63) is 35.9 Å². The second-order valence-electron chi connectivity index (χ2n) is 6.23. The van der Waals surface area contributed by atoms with Crippen LogP contribution in [0.25, 0.3) is 0 Å². The summed E-state index contributed by atoms with van der Waals surface area (Å²) >= 11 is 0. The molecule has 0 aromatic heterocycles. The zero-order chi connectivity index (χ0) is 14.6. The largest absolute Gasteiger partial charge is 0.381 e. The summed E-state index contributed by atoms with van der Waals surface area (Å²) in [6, 6.07) is 9.98. The fraction of sp³-hybridized carbons (Fsp3) is 0.562. The van der Waals surface area contributed by atoms with Gasteiger partial charge < -0.3 is 15.8 Å². The van der Waals surface area contributed by atoms with Gasteiger partial charge in [-0.05, 0) is 32.3 Å². The van der Waals surface area contributed by atoms with Gasteiger partial charge in [-0.3, -0.25) is 4.79 Å². The number of benzene rings is 1. The molecular weight excluding hydrogens is 288 g/mol. The van der Waals surface area contributed by atoms with E-state index in [1.54, 1.807) is 0 Å². The highest BCUT2D eigenvalue weighted by Gasteiger charge is 2.41. The van der Waals surface area contributed by atoms with Crippen LogP contribution in [0.3, 0.4) is 0 Å². The van der Waals surface area contributed by atoms with Crippen LogP contribution in [-0.2, 0) is 14.9 Å². The summed E-state index contributed by atoms with van der Waals surface area (Å²) in [6.45, 7) is 5.53. The molecule has 0 spiro atoms. The second-order valence-corrected chi connectivity index (χ2v) is 6.23. The molecule has 0 unspecified atom stereocenters. The summed E-state index contributed by atoms with van der Waals surface area (Å²) in [6.07, 6.45) is 1.43. The van der Waals surface area contributed by atoms with E-state index in [0.717, 1.165) is 5.56 Å². The third kappa shape index (κ3) is 4.43. The molecule has 1 saturated heterocycles. The van der Waals surface area contributed by atoms with Gasteiger partial charge in [0, 0.05) is 25.3 Å². The first-order valence-corrected chi connectivity index (χ1v) is 7.15. The molecule has 118 valence electrons. The fourth-order valence-electron chi connectivity index (χ4n) is 2.60. The van der Waals surface area contributed by atoms with E-state index >= 15 is 0 Å². The predicted molar refractivity (Wildman–Crippen MR) is 86.7 cm³/mol. The lowest BCUT2D eigenvalue weighted by molar-refractivity contribution is -0.130. The maximum absolute atomic E-state index is 12.7. The Morgan fingerprint density at radius 2 is 1.86 bits per heavy atom. The van der Waals surface area contributed by atoms with E-state index < -0.39 is 11.0 Å². The molecule has 2 rings (SSSR count). The Labute approximate surface area is 132 Å². The SMILES string of the molecule is CC(C)(N)CNC(=O)C1(c2ccccc2)CCOCC1.Cl. The molecule has 0 saturated carbocycles. The normalized spacial score (nSPS) is 17.7. The molecule has 1 fully saturated rings. The molecule has 1 aliphatic heterocycles. The average Bonchev–Trinajstić information content (AvgIpc) is 2.45. The Bertz CT molecular complexity index is 451. The van der Waals surface area contributed by atoms with Crippen LogP contribution in [0, 0.1) is 0 Å². The molecule has 1 aliphatic rings. The molecule has 4 nitrogen and oxygen atoms in total. The Hall–Kier alpha value is -1.10. The zero-order valence-electron chi connectivity index (χ0n) is 12.7. The summed E-state index contributed by atoms with van der Waals surface area (Å²) in [4.78, 5) is 12.7. The number of carbonyl (C=O) groups is 1. The van der Waals surface area contributed by atoms with Crippen LogP contribution in [0.2, 0.25) is 0 Å². The van der Waals surface area contributed by atoms with Crippen molar-refractivity contribution < 1.29 is 9.53 Å². The number of rotatable bonds is 4. The molecule has 1 heterocycles. The third-order valence-electron chi connectivity index (χ3n) is 3.81. The van der Waals surface area contributed by atoms with E-state index in [-0.39, 0.29) is 18.3 Å². The van der Waals surface area contributed by atoms with Crippen LogP contribution in [0.1, 0.15) is 32.3 Å². The van der Waals surface area contributed by atoms with Gasteiger partial charge in [0.15, 0.2) is 0 Å². The minimum atomic E-state index is -0.481. The Morgan fingerprint density at radius 1 is 1.29 bits per heavy atom. The lowest BCUT2D eigenvalue weighted by atomic mass is 9.73. The molecule has 0 atom stereocenters. The van der Waals surface area contributed by atoms with E-state index in [4.69, 9.17) is 10.5 Å². The molecule has 0 aliphatic carbocycles. The predicted octanol–water partition coefficient (Wildman–Crippen LogP) is 2.01. The van der Waals surface area contributed by atoms with Crippen LogP contribution < -0.4 is 11.1 Å². The van der Waals surface area contributed by atoms with Crippen molar-refractivity contribution in [3.63, 3.8) is 0 Å². The number of hydrogen-bond donors (Lipinski definition) is 2. The highest BCUT2D eigenvalue weighted by Crippen LogP contribution is 2.35. The average molecular weight is 313 g/mol. The van der Waals surface area contributed by atoms with Gasteiger partial charge in [-0.25, -0.2) is 0 Å². The maximum Gasteiger partial charge on any atom is 0.230 e. The molecular formula is C16H25ClN2O2. The Morgan fingerprint density at radius 3 is 2.38 bits per heavy atom. The first kappa shape index (κ1) is 18.0. The summed E-state index contributed by atoms with van der Waals surface area (Å²) < 4.78 is 5.44. The molecule has 1 aromatic rings. The zero-order valence-corrected chi connectivity index (χ0v) is 13.5. The fourth-order valence-corrected chi connectivity index (χ4v) is 2.60. The number of halogens is 1. The maximum atomic E-state index is 12.7. The van der Waals surface area contributed by atoms with Gasteiger partial charge in [-0.2, -0.15) is 0 Å². The van der Waals surface area contributed by atoms with E-state index in [2.05, 4.69) is 5.32 Å². The molecule has 0 radical (unpaired) electrons. The van der Waals surface area contributed by atoms with Gasteiger partial charge in [0.25, 0.3) is 0 Å². The summed E-state index contributed by atoms with van der Waals surface area (Å²) in [5.41, 5.74) is 6.14. The lowest BCUT2D eigenvalue weighted by Crippen LogP contribution is -2.53. The van der Waals surface area contributed by atoms with Crippen molar-refractivity contribution in [2.24, 2.45) is 5.73 Å². The van der Waals surface area contributed by atoms with Gasteiger partial charge in [0.1, 0.15) is 0 Å². The Balaban J connectivity index is 0.00000220. The topological polar surface area (TPSA) is 64.3 Å². The number of nitrogens with two attached hydrogens (primary N) is 1. The first-order chi connectivity index (χ1) is 9.44. The highest BCUT2D eigenvalue weighted by atomic mass is 35.5. The second kappa shape index (κ2) is 7.25. The van der Waals surface area contributed by atoms with Crippen LogP contribution in [0.15, 0.2) is 30.3 Å². The van der Waals surface area contributed by atoms with Crippen molar-refractivity contribution in [3.8, 4) is 0 Å². The standard InChI is InChI=1S/C16H24N2O2.ClH/c1-15(2,17)12-18-14(19)16(8-10-20-11-9-16)13-6-4-3-5-7-13;/h3-7H,8-12,17H2,1-2H3,(H,18,19);1H. The van der Waals surface area contributed by atoms with Crippen molar-refractivity contribution in [2.75, 3.05) is 19.8 Å². The van der Waals surface area contributed by atoms with Crippen LogP contribution in [0.5, 0.6) is 0 Å². The molecule has 1 amide bonds. The molecule has 1 aromatic carbocycles. The molecule has 3 N–H and O–H groups in total. The van der Waals surface area contributed by atoms with E-state index in [1.165, 1.54) is 0 Å². The number of ether oxygens (including phenoxy) is 1. The van der Waals surface area contributed by atoms with Gasteiger partial charge in [0.2, 0.25) is 5.91 Å². The Kier molecular flexibility index (Phi) is 6.20. The summed E-state index contributed by atoms with van der Waals surface area (Å²) in [5, 5.41) is 3.01. The smallest absolute Gasteiger partial charge is 0.230 e. The van der Waals surface area contributed by atoms with Crippen molar-refractivity contribution in [1.29, 1.82) is 0 Å². The number of hydrogen-bond acceptors (Lipinski definition) is 3. The van der Waals surface area contributed by atoms with Gasteiger partial charge in [0.05, 0.1) is 5.41 Å². The van der Waals surface area contributed by atoms with Gasteiger partial charge >= 0.3 is 0 Å². The highest BCUT2D eigenvalue weighted by molar-refractivity contribution is 5.88. The molecule has 0 bridgehead atoms. The van der Waals surface area contributed by atoms with Gasteiger partial charge in [-0.1, -0.05) is 30.3 Å². The number of amides is 1. The minimum Gasteiger partial charge on any atom is -0.381 e. The lowest BCUT2D eigenvalue weighted by Gasteiger charge is -2.37. The van der Waals surface area contributed by atoms with E-state index in [0.29, 0.717) is 32.6 Å². The molecule has 21 heavy (non-hydrogen) atoms. The van der Waals surface area contributed by atoms with Crippen molar-refractivity contribution in [2.45, 2.75) is 37.6 Å².